The van der Waals surface area contributed by atoms with Gasteiger partial charge in [0.2, 0.25) is 0 Å². The number of amidine groups is 1. The summed E-state index contributed by atoms with van der Waals surface area (Å²) in [6.07, 6.45) is 2.08. The van der Waals surface area contributed by atoms with Gasteiger partial charge in [0, 0.05) is 13.2 Å². The zero-order chi connectivity index (χ0) is 9.03. The van der Waals surface area contributed by atoms with Crippen molar-refractivity contribution >= 4 is 5.84 Å². The topological polar surface area (TPSA) is 59.6 Å². The summed E-state index contributed by atoms with van der Waals surface area (Å²) in [6, 6.07) is 0. The minimum atomic E-state index is -0.273. The summed E-state index contributed by atoms with van der Waals surface area (Å²) in [4.78, 5) is 4.25. The van der Waals surface area contributed by atoms with E-state index in [-0.39, 0.29) is 5.60 Å². The molecule has 70 valence electrons. The molecule has 1 unspecified atom stereocenters. The maximum atomic E-state index is 5.57. The van der Waals surface area contributed by atoms with Crippen LogP contribution in [-0.4, -0.2) is 24.6 Å². The van der Waals surface area contributed by atoms with Gasteiger partial charge in [-0.1, -0.05) is 0 Å². The SMILES string of the molecule is CCN=C(NN)C1(C)CCCO1. The van der Waals surface area contributed by atoms with Crippen molar-refractivity contribution < 1.29 is 4.74 Å². The van der Waals surface area contributed by atoms with Crippen LogP contribution in [0.1, 0.15) is 26.7 Å². The van der Waals surface area contributed by atoms with E-state index in [1.165, 1.54) is 0 Å². The molecule has 1 aliphatic heterocycles. The second kappa shape index (κ2) is 3.87. The molecule has 1 saturated heterocycles. The van der Waals surface area contributed by atoms with E-state index in [0.717, 1.165) is 31.8 Å². The molecule has 3 N–H and O–H groups in total. The van der Waals surface area contributed by atoms with Crippen molar-refractivity contribution in [1.82, 2.24) is 5.43 Å². The van der Waals surface area contributed by atoms with Crippen molar-refractivity contribution in [2.75, 3.05) is 13.2 Å². The largest absolute Gasteiger partial charge is 0.367 e. The lowest BCUT2D eigenvalue weighted by Crippen LogP contribution is -2.47. The molecule has 0 aliphatic carbocycles. The second-order valence-corrected chi connectivity index (χ2v) is 3.15. The smallest absolute Gasteiger partial charge is 0.143 e. The normalized spacial score (nSPS) is 30.8. The van der Waals surface area contributed by atoms with E-state index < -0.39 is 0 Å². The number of nitrogens with one attached hydrogen (secondary N) is 1. The molecule has 0 amide bonds. The van der Waals surface area contributed by atoms with E-state index in [4.69, 9.17) is 10.6 Å². The molecule has 0 bridgehead atoms. The first kappa shape index (κ1) is 9.48. The van der Waals surface area contributed by atoms with Gasteiger partial charge in [0.05, 0.1) is 0 Å². The van der Waals surface area contributed by atoms with Crippen molar-refractivity contribution in [2.24, 2.45) is 10.8 Å². The van der Waals surface area contributed by atoms with E-state index in [0.29, 0.717) is 0 Å². The van der Waals surface area contributed by atoms with Crippen molar-refractivity contribution in [3.8, 4) is 0 Å². The third-order valence-corrected chi connectivity index (χ3v) is 2.17. The van der Waals surface area contributed by atoms with E-state index >= 15 is 0 Å². The van der Waals surface area contributed by atoms with Crippen molar-refractivity contribution in [2.45, 2.75) is 32.3 Å². The van der Waals surface area contributed by atoms with Crippen LogP contribution in [0.25, 0.3) is 0 Å². The average Bonchev–Trinajstić information content (AvgIpc) is 2.49. The van der Waals surface area contributed by atoms with Gasteiger partial charge in [-0.15, -0.1) is 0 Å². The third kappa shape index (κ3) is 1.76. The van der Waals surface area contributed by atoms with Gasteiger partial charge in [-0.2, -0.15) is 0 Å². The molecule has 1 heterocycles. The van der Waals surface area contributed by atoms with E-state index in [1.54, 1.807) is 0 Å². The number of hydrogen-bond acceptors (Lipinski definition) is 3. The summed E-state index contributed by atoms with van der Waals surface area (Å²) < 4.78 is 5.57. The Morgan fingerprint density at radius 1 is 1.75 bits per heavy atom. The van der Waals surface area contributed by atoms with Gasteiger partial charge in [0.1, 0.15) is 11.4 Å². The van der Waals surface area contributed by atoms with Crippen LogP contribution >= 0.6 is 0 Å². The molecule has 0 aromatic carbocycles. The summed E-state index contributed by atoms with van der Waals surface area (Å²) in [6.45, 7) is 5.55. The lowest BCUT2D eigenvalue weighted by atomic mass is 10.0. The number of nitrogens with zero attached hydrogens (tertiary/aromatic N) is 1. The van der Waals surface area contributed by atoms with E-state index in [9.17, 15) is 0 Å². The Balaban J connectivity index is 2.69. The minimum Gasteiger partial charge on any atom is -0.367 e. The molecule has 1 atom stereocenters. The lowest BCUT2D eigenvalue weighted by Gasteiger charge is -2.24. The molecule has 4 heteroatoms. The molecule has 1 aliphatic rings. The Bertz CT molecular complexity index is 173. The molecule has 0 aromatic rings. The summed E-state index contributed by atoms with van der Waals surface area (Å²) in [5.74, 6) is 6.13. The number of aliphatic imine (C=N–C) groups is 1. The number of nitrogens with two attached hydrogens (primary N) is 1. The van der Waals surface area contributed by atoms with Crippen LogP contribution in [0.5, 0.6) is 0 Å². The predicted octanol–water partition coefficient (Wildman–Crippen LogP) is 0.437. The van der Waals surface area contributed by atoms with Gasteiger partial charge in [-0.25, -0.2) is 5.84 Å². The Labute approximate surface area is 73.2 Å². The summed E-state index contributed by atoms with van der Waals surface area (Å²) in [5, 5.41) is 0. The third-order valence-electron chi connectivity index (χ3n) is 2.17. The number of hydrogen-bond donors (Lipinski definition) is 2. The highest BCUT2D eigenvalue weighted by Crippen LogP contribution is 2.25. The van der Waals surface area contributed by atoms with Crippen molar-refractivity contribution in [3.05, 3.63) is 0 Å². The molecular formula is C8H17N3O. The molecule has 0 spiro atoms. The van der Waals surface area contributed by atoms with Crippen LogP contribution < -0.4 is 11.3 Å². The van der Waals surface area contributed by atoms with Crippen molar-refractivity contribution in [1.29, 1.82) is 0 Å². The minimum absolute atomic E-state index is 0.273. The molecule has 1 rings (SSSR count). The Morgan fingerprint density at radius 3 is 2.92 bits per heavy atom. The Morgan fingerprint density at radius 2 is 2.50 bits per heavy atom. The van der Waals surface area contributed by atoms with Gasteiger partial charge in [0.15, 0.2) is 0 Å². The summed E-state index contributed by atoms with van der Waals surface area (Å²) in [5.41, 5.74) is 2.34. The molecule has 0 saturated carbocycles. The average molecular weight is 171 g/mol. The van der Waals surface area contributed by atoms with Crippen LogP contribution in [0.2, 0.25) is 0 Å². The number of rotatable bonds is 2. The van der Waals surface area contributed by atoms with Gasteiger partial charge in [-0.3, -0.25) is 4.99 Å². The Kier molecular flexibility index (Phi) is 3.05. The van der Waals surface area contributed by atoms with Gasteiger partial charge < -0.3 is 10.2 Å². The van der Waals surface area contributed by atoms with E-state index in [1.807, 2.05) is 13.8 Å². The zero-order valence-corrected chi connectivity index (χ0v) is 7.76. The van der Waals surface area contributed by atoms with Gasteiger partial charge in [0.25, 0.3) is 0 Å². The quantitative estimate of drug-likeness (QED) is 0.274. The first-order valence-corrected chi connectivity index (χ1v) is 4.38. The first-order valence-electron chi connectivity index (χ1n) is 4.38. The second-order valence-electron chi connectivity index (χ2n) is 3.15. The molecule has 12 heavy (non-hydrogen) atoms. The van der Waals surface area contributed by atoms with Crippen LogP contribution in [0.3, 0.4) is 0 Å². The molecular weight excluding hydrogens is 154 g/mol. The fourth-order valence-corrected chi connectivity index (χ4v) is 1.49. The van der Waals surface area contributed by atoms with Crippen LogP contribution in [-0.2, 0) is 4.74 Å². The lowest BCUT2D eigenvalue weighted by molar-refractivity contribution is 0.0745. The zero-order valence-electron chi connectivity index (χ0n) is 7.76. The first-order chi connectivity index (χ1) is 5.73. The van der Waals surface area contributed by atoms with Gasteiger partial charge in [-0.05, 0) is 26.7 Å². The molecule has 0 aromatic heterocycles. The summed E-state index contributed by atoms with van der Waals surface area (Å²) >= 11 is 0. The van der Waals surface area contributed by atoms with Crippen LogP contribution in [0.15, 0.2) is 4.99 Å². The van der Waals surface area contributed by atoms with E-state index in [2.05, 4.69) is 10.4 Å². The maximum Gasteiger partial charge on any atom is 0.143 e. The Hall–Kier alpha value is -0.610. The predicted molar refractivity (Wildman–Crippen MR) is 48.9 cm³/mol. The maximum absolute atomic E-state index is 5.57. The fraction of sp³-hybridized carbons (Fsp3) is 0.875. The highest BCUT2D eigenvalue weighted by molar-refractivity contribution is 5.89. The monoisotopic (exact) mass is 171 g/mol. The fourth-order valence-electron chi connectivity index (χ4n) is 1.49. The standard InChI is InChI=1S/C8H17N3O/c1-3-10-7(11-9)8(2)5-4-6-12-8/h3-6,9H2,1-2H3,(H,10,11). The van der Waals surface area contributed by atoms with Crippen LogP contribution in [0.4, 0.5) is 0 Å². The highest BCUT2D eigenvalue weighted by atomic mass is 16.5. The molecule has 1 fully saturated rings. The highest BCUT2D eigenvalue weighted by Gasteiger charge is 2.34. The number of ether oxygens (including phenoxy) is 1. The van der Waals surface area contributed by atoms with Gasteiger partial charge >= 0.3 is 0 Å². The number of hydrazine groups is 1. The molecule has 4 nitrogen and oxygen atoms in total. The summed E-state index contributed by atoms with van der Waals surface area (Å²) in [7, 11) is 0. The van der Waals surface area contributed by atoms with Crippen LogP contribution in [0, 0.1) is 0 Å². The van der Waals surface area contributed by atoms with Crippen molar-refractivity contribution in [3.63, 3.8) is 0 Å². The molecule has 0 radical (unpaired) electrons.